The van der Waals surface area contributed by atoms with Crippen LogP contribution in [0.3, 0.4) is 0 Å². The Balaban J connectivity index is 2.07. The van der Waals surface area contributed by atoms with Gasteiger partial charge in [0.2, 0.25) is 11.8 Å². The Morgan fingerprint density at radius 2 is 2.29 bits per heavy atom. The lowest BCUT2D eigenvalue weighted by Gasteiger charge is -2.30. The topological polar surface area (TPSA) is 79.8 Å². The van der Waals surface area contributed by atoms with Gasteiger partial charge in [-0.2, -0.15) is 5.10 Å². The highest BCUT2D eigenvalue weighted by atomic mass is 16.5. The molecule has 3 rings (SSSR count). The molecule has 1 aromatic carbocycles. The molecule has 0 spiro atoms. The molecule has 2 aliphatic rings. The zero-order chi connectivity index (χ0) is 15.0. The average molecular weight is 287 g/mol. The summed E-state index contributed by atoms with van der Waals surface area (Å²) in [5.74, 6) is 0.682. The zero-order valence-corrected chi connectivity index (χ0v) is 12.0. The van der Waals surface area contributed by atoms with Crippen molar-refractivity contribution in [1.29, 1.82) is 0 Å². The minimum atomic E-state index is -0.135. The molecule has 0 saturated heterocycles. The van der Waals surface area contributed by atoms with E-state index in [9.17, 15) is 9.59 Å². The Labute approximate surface area is 122 Å². The third-order valence-corrected chi connectivity index (χ3v) is 3.91. The summed E-state index contributed by atoms with van der Waals surface area (Å²) in [4.78, 5) is 22.7. The second kappa shape index (κ2) is 5.20. The Bertz CT molecular complexity index is 652. The number of carbonyl (C=O) groups excluding carboxylic acids is 2. The van der Waals surface area contributed by atoms with Gasteiger partial charge >= 0.3 is 0 Å². The summed E-state index contributed by atoms with van der Waals surface area (Å²) >= 11 is 0. The van der Waals surface area contributed by atoms with Gasteiger partial charge in [-0.05, 0) is 18.9 Å². The van der Waals surface area contributed by atoms with Crippen molar-refractivity contribution in [2.45, 2.75) is 26.2 Å². The fourth-order valence-electron chi connectivity index (χ4n) is 3.05. The van der Waals surface area contributed by atoms with Crippen LogP contribution in [0.1, 0.15) is 30.9 Å². The molecule has 0 saturated carbocycles. The number of fused-ring (bicyclic) bond motifs is 3. The van der Waals surface area contributed by atoms with E-state index in [-0.39, 0.29) is 17.7 Å². The number of hydrogen-bond acceptors (Lipinski definition) is 4. The Morgan fingerprint density at radius 1 is 1.48 bits per heavy atom. The van der Waals surface area contributed by atoms with Gasteiger partial charge in [0, 0.05) is 30.4 Å². The maximum absolute atomic E-state index is 11.4. The van der Waals surface area contributed by atoms with E-state index in [1.54, 1.807) is 7.11 Å². The van der Waals surface area contributed by atoms with Gasteiger partial charge in [-0.1, -0.05) is 6.07 Å². The molecule has 2 N–H and O–H groups in total. The van der Waals surface area contributed by atoms with Crippen LogP contribution in [0.2, 0.25) is 0 Å². The van der Waals surface area contributed by atoms with E-state index in [0.717, 1.165) is 29.7 Å². The summed E-state index contributed by atoms with van der Waals surface area (Å²) in [5.41, 5.74) is 6.15. The number of nitrogens with one attached hydrogen (secondary N) is 2. The van der Waals surface area contributed by atoms with Gasteiger partial charge < -0.3 is 10.1 Å². The van der Waals surface area contributed by atoms with Crippen LogP contribution in [0.15, 0.2) is 17.2 Å². The number of carbonyl (C=O) groups is 2. The molecule has 1 aliphatic carbocycles. The zero-order valence-electron chi connectivity index (χ0n) is 12.0. The number of anilines is 1. The quantitative estimate of drug-likeness (QED) is 0.863. The van der Waals surface area contributed by atoms with Gasteiger partial charge in [-0.15, -0.1) is 0 Å². The minimum Gasteiger partial charge on any atom is -0.494 e. The Hall–Kier alpha value is -2.37. The summed E-state index contributed by atoms with van der Waals surface area (Å²) in [7, 11) is 1.59. The first-order valence-electron chi connectivity index (χ1n) is 6.94. The highest BCUT2D eigenvalue weighted by Gasteiger charge is 2.32. The lowest BCUT2D eigenvalue weighted by molar-refractivity contribution is -0.122. The maximum Gasteiger partial charge on any atom is 0.240 e. The normalized spacial score (nSPS) is 19.8. The molecule has 1 unspecified atom stereocenters. The lowest BCUT2D eigenvalue weighted by atomic mass is 9.79. The molecule has 110 valence electrons. The summed E-state index contributed by atoms with van der Waals surface area (Å²) in [5, 5.41) is 6.99. The Kier molecular flexibility index (Phi) is 3.37. The van der Waals surface area contributed by atoms with Gasteiger partial charge in [0.05, 0.1) is 18.5 Å². The summed E-state index contributed by atoms with van der Waals surface area (Å²) < 4.78 is 5.49. The van der Waals surface area contributed by atoms with Gasteiger partial charge in [0.1, 0.15) is 5.75 Å². The number of rotatable bonds is 2. The van der Waals surface area contributed by atoms with Crippen molar-refractivity contribution in [2.75, 3.05) is 12.4 Å². The van der Waals surface area contributed by atoms with E-state index in [1.807, 2.05) is 12.1 Å². The molecular formula is C15H17N3O3. The second-order valence-electron chi connectivity index (χ2n) is 5.33. The van der Waals surface area contributed by atoms with Gasteiger partial charge in [-0.25, -0.2) is 5.43 Å². The molecule has 6 nitrogen and oxygen atoms in total. The third kappa shape index (κ3) is 2.37. The largest absolute Gasteiger partial charge is 0.494 e. The molecule has 1 heterocycles. The average Bonchev–Trinajstić information content (AvgIpc) is 2.45. The molecule has 0 bridgehead atoms. The first-order chi connectivity index (χ1) is 10.1. The van der Waals surface area contributed by atoms with E-state index in [0.29, 0.717) is 17.9 Å². The van der Waals surface area contributed by atoms with Crippen molar-refractivity contribution in [3.63, 3.8) is 0 Å². The SMILES string of the molecule is COc1c(NC(C)=O)ccc2c1CCC1CC(=O)NN=C21. The molecule has 1 atom stereocenters. The molecule has 1 aliphatic heterocycles. The van der Waals surface area contributed by atoms with Crippen molar-refractivity contribution < 1.29 is 14.3 Å². The van der Waals surface area contributed by atoms with E-state index < -0.39 is 0 Å². The highest BCUT2D eigenvalue weighted by Crippen LogP contribution is 2.39. The van der Waals surface area contributed by atoms with Crippen LogP contribution in [0, 0.1) is 5.92 Å². The first-order valence-corrected chi connectivity index (χ1v) is 6.94. The summed E-state index contributed by atoms with van der Waals surface area (Å²) in [6.07, 6.45) is 2.15. The predicted octanol–water partition coefficient (Wildman–Crippen LogP) is 1.44. The monoisotopic (exact) mass is 287 g/mol. The highest BCUT2D eigenvalue weighted by molar-refractivity contribution is 6.08. The molecule has 2 amide bonds. The molecule has 21 heavy (non-hydrogen) atoms. The molecule has 1 aromatic rings. The van der Waals surface area contributed by atoms with E-state index in [1.165, 1.54) is 6.92 Å². The maximum atomic E-state index is 11.4. The molecule has 6 heteroatoms. The van der Waals surface area contributed by atoms with Crippen LogP contribution in [0.4, 0.5) is 5.69 Å². The number of hydrazone groups is 1. The van der Waals surface area contributed by atoms with Crippen molar-refractivity contribution in [2.24, 2.45) is 11.0 Å². The van der Waals surface area contributed by atoms with Gasteiger partial charge in [-0.3, -0.25) is 9.59 Å². The Morgan fingerprint density at radius 3 is 3.00 bits per heavy atom. The fourth-order valence-corrected chi connectivity index (χ4v) is 3.05. The number of ether oxygens (including phenoxy) is 1. The van der Waals surface area contributed by atoms with Crippen molar-refractivity contribution in [1.82, 2.24) is 5.43 Å². The van der Waals surface area contributed by atoms with Crippen LogP contribution >= 0.6 is 0 Å². The molecule has 0 radical (unpaired) electrons. The number of benzene rings is 1. The van der Waals surface area contributed by atoms with Crippen molar-refractivity contribution in [3.8, 4) is 5.75 Å². The number of methoxy groups -OCH3 is 1. The standard InChI is InChI=1S/C15H17N3O3/c1-8(19)16-12-6-5-10-11(15(12)21-2)4-3-9-7-13(20)17-18-14(9)10/h5-6,9H,3-4,7H2,1-2H3,(H,16,19)(H,17,20). The van der Waals surface area contributed by atoms with Crippen molar-refractivity contribution in [3.05, 3.63) is 23.3 Å². The first kappa shape index (κ1) is 13.6. The summed E-state index contributed by atoms with van der Waals surface area (Å²) in [6.45, 7) is 1.47. The fraction of sp³-hybridized carbons (Fsp3) is 0.400. The van der Waals surface area contributed by atoms with Gasteiger partial charge in [0.15, 0.2) is 0 Å². The second-order valence-corrected chi connectivity index (χ2v) is 5.33. The van der Waals surface area contributed by atoms with Crippen LogP contribution in [-0.4, -0.2) is 24.6 Å². The van der Waals surface area contributed by atoms with Crippen molar-refractivity contribution >= 4 is 23.2 Å². The smallest absolute Gasteiger partial charge is 0.240 e. The summed E-state index contributed by atoms with van der Waals surface area (Å²) in [6, 6.07) is 3.76. The lowest BCUT2D eigenvalue weighted by Crippen LogP contribution is -2.36. The van der Waals surface area contributed by atoms with E-state index in [2.05, 4.69) is 15.8 Å². The number of nitrogens with zero attached hydrogens (tertiary/aromatic N) is 1. The van der Waals surface area contributed by atoms with E-state index >= 15 is 0 Å². The number of hydrogen-bond donors (Lipinski definition) is 2. The molecule has 0 aromatic heterocycles. The number of amides is 2. The van der Waals surface area contributed by atoms with Crippen LogP contribution < -0.4 is 15.5 Å². The molecular weight excluding hydrogens is 270 g/mol. The van der Waals surface area contributed by atoms with Crippen LogP contribution in [0.25, 0.3) is 0 Å². The van der Waals surface area contributed by atoms with E-state index in [4.69, 9.17) is 4.74 Å². The van der Waals surface area contributed by atoms with Crippen LogP contribution in [-0.2, 0) is 16.0 Å². The predicted molar refractivity (Wildman–Crippen MR) is 78.4 cm³/mol. The third-order valence-electron chi connectivity index (χ3n) is 3.91. The minimum absolute atomic E-state index is 0.0333. The molecule has 0 fully saturated rings. The van der Waals surface area contributed by atoms with Crippen LogP contribution in [0.5, 0.6) is 5.75 Å². The van der Waals surface area contributed by atoms with Gasteiger partial charge in [0.25, 0.3) is 0 Å².